The molecule has 2 amide bonds. The van der Waals surface area contributed by atoms with E-state index in [0.717, 1.165) is 36.9 Å². The van der Waals surface area contributed by atoms with Crippen LogP contribution in [0.3, 0.4) is 0 Å². The molecule has 0 radical (unpaired) electrons. The highest BCUT2D eigenvalue weighted by atomic mass is 16.2. The third-order valence-corrected chi connectivity index (χ3v) is 4.60. The molecule has 1 fully saturated rings. The molecule has 0 aromatic heterocycles. The highest BCUT2D eigenvalue weighted by molar-refractivity contribution is 5.92. The number of hydrogen-bond donors (Lipinski definition) is 3. The van der Waals surface area contributed by atoms with E-state index in [4.69, 9.17) is 0 Å². The van der Waals surface area contributed by atoms with Gasteiger partial charge < -0.3 is 16.0 Å². The maximum Gasteiger partial charge on any atom is 0.227 e. The second-order valence-electron chi connectivity index (χ2n) is 6.70. The van der Waals surface area contributed by atoms with Gasteiger partial charge in [0.15, 0.2) is 0 Å². The fourth-order valence-corrected chi connectivity index (χ4v) is 3.13. The minimum Gasteiger partial charge on any atom is -0.352 e. The Balaban J connectivity index is 1.86. The molecule has 5 nitrogen and oxygen atoms in total. The zero-order valence-electron chi connectivity index (χ0n) is 14.7. The van der Waals surface area contributed by atoms with Crippen LogP contribution in [0.5, 0.6) is 0 Å². The van der Waals surface area contributed by atoms with E-state index in [1.54, 1.807) is 0 Å². The lowest BCUT2D eigenvalue weighted by Crippen LogP contribution is -2.33. The van der Waals surface area contributed by atoms with Gasteiger partial charge in [0.1, 0.15) is 0 Å². The molecular weight excluding hydrogens is 302 g/mol. The minimum absolute atomic E-state index is 0.0287. The summed E-state index contributed by atoms with van der Waals surface area (Å²) in [6.45, 7) is 3.02. The molecule has 1 aromatic carbocycles. The summed E-state index contributed by atoms with van der Waals surface area (Å²) in [5.41, 5.74) is 1.79. The molecule has 1 aliphatic rings. The molecule has 1 unspecified atom stereocenters. The van der Waals surface area contributed by atoms with E-state index >= 15 is 0 Å². The summed E-state index contributed by atoms with van der Waals surface area (Å²) < 4.78 is 0. The highest BCUT2D eigenvalue weighted by Gasteiger charge is 2.21. The SMILES string of the molecule is CNCC(C)C(=O)NCc1cccc(NC(=O)C2CCCCC2)c1. The van der Waals surface area contributed by atoms with Crippen LogP contribution in [0.4, 0.5) is 5.69 Å². The smallest absolute Gasteiger partial charge is 0.227 e. The maximum absolute atomic E-state index is 12.3. The number of carbonyl (C=O) groups excluding carboxylic acids is 2. The summed E-state index contributed by atoms with van der Waals surface area (Å²) >= 11 is 0. The zero-order valence-corrected chi connectivity index (χ0v) is 14.7. The molecule has 0 bridgehead atoms. The molecule has 24 heavy (non-hydrogen) atoms. The summed E-state index contributed by atoms with van der Waals surface area (Å²) in [6, 6.07) is 7.70. The van der Waals surface area contributed by atoms with E-state index in [1.807, 2.05) is 38.2 Å². The Labute approximate surface area is 144 Å². The molecule has 0 spiro atoms. The van der Waals surface area contributed by atoms with Gasteiger partial charge in [-0.15, -0.1) is 0 Å². The van der Waals surface area contributed by atoms with Crippen molar-refractivity contribution >= 4 is 17.5 Å². The monoisotopic (exact) mass is 331 g/mol. The van der Waals surface area contributed by atoms with Crippen LogP contribution in [-0.4, -0.2) is 25.4 Å². The van der Waals surface area contributed by atoms with Crippen LogP contribution in [0.15, 0.2) is 24.3 Å². The van der Waals surface area contributed by atoms with Gasteiger partial charge in [-0.25, -0.2) is 0 Å². The van der Waals surface area contributed by atoms with Gasteiger partial charge in [0.2, 0.25) is 11.8 Å². The van der Waals surface area contributed by atoms with E-state index in [2.05, 4.69) is 16.0 Å². The van der Waals surface area contributed by atoms with Gasteiger partial charge in [-0.3, -0.25) is 9.59 Å². The van der Waals surface area contributed by atoms with Crippen LogP contribution in [0.1, 0.15) is 44.6 Å². The van der Waals surface area contributed by atoms with Crippen LogP contribution in [-0.2, 0) is 16.1 Å². The Kier molecular flexibility index (Phi) is 7.25. The molecule has 3 N–H and O–H groups in total. The lowest BCUT2D eigenvalue weighted by Gasteiger charge is -2.21. The van der Waals surface area contributed by atoms with Gasteiger partial charge in [0.05, 0.1) is 0 Å². The quantitative estimate of drug-likeness (QED) is 0.719. The molecule has 5 heteroatoms. The number of anilines is 1. The molecule has 1 atom stereocenters. The Morgan fingerprint density at radius 1 is 1.21 bits per heavy atom. The predicted molar refractivity (Wildman–Crippen MR) is 96.6 cm³/mol. The Bertz CT molecular complexity index is 553. The van der Waals surface area contributed by atoms with Gasteiger partial charge in [-0.1, -0.05) is 38.3 Å². The average molecular weight is 331 g/mol. The summed E-state index contributed by atoms with van der Waals surface area (Å²) in [5.74, 6) is 0.230. The third-order valence-electron chi connectivity index (χ3n) is 4.60. The first-order valence-electron chi connectivity index (χ1n) is 8.92. The van der Waals surface area contributed by atoms with Crippen molar-refractivity contribution in [3.63, 3.8) is 0 Å². The highest BCUT2D eigenvalue weighted by Crippen LogP contribution is 2.25. The topological polar surface area (TPSA) is 70.2 Å². The van der Waals surface area contributed by atoms with Crippen LogP contribution >= 0.6 is 0 Å². The molecule has 132 valence electrons. The van der Waals surface area contributed by atoms with Crippen molar-refractivity contribution in [1.82, 2.24) is 10.6 Å². The summed E-state index contributed by atoms with van der Waals surface area (Å²) in [7, 11) is 1.84. The Morgan fingerprint density at radius 2 is 1.96 bits per heavy atom. The number of benzene rings is 1. The fourth-order valence-electron chi connectivity index (χ4n) is 3.13. The number of nitrogens with one attached hydrogen (secondary N) is 3. The predicted octanol–water partition coefficient (Wildman–Crippen LogP) is 2.68. The van der Waals surface area contributed by atoms with E-state index in [0.29, 0.717) is 13.1 Å². The molecule has 1 aliphatic carbocycles. The average Bonchev–Trinajstić information content (AvgIpc) is 2.61. The molecule has 2 rings (SSSR count). The van der Waals surface area contributed by atoms with Crippen molar-refractivity contribution in [3.05, 3.63) is 29.8 Å². The number of carbonyl (C=O) groups is 2. The van der Waals surface area contributed by atoms with E-state index in [-0.39, 0.29) is 23.7 Å². The van der Waals surface area contributed by atoms with Crippen molar-refractivity contribution in [1.29, 1.82) is 0 Å². The van der Waals surface area contributed by atoms with Gasteiger partial charge >= 0.3 is 0 Å². The van der Waals surface area contributed by atoms with E-state index < -0.39 is 0 Å². The summed E-state index contributed by atoms with van der Waals surface area (Å²) in [4.78, 5) is 24.3. The van der Waals surface area contributed by atoms with Gasteiger partial charge in [-0.2, -0.15) is 0 Å². The maximum atomic E-state index is 12.3. The van der Waals surface area contributed by atoms with Crippen molar-refractivity contribution in [2.24, 2.45) is 11.8 Å². The number of amides is 2. The lowest BCUT2D eigenvalue weighted by atomic mass is 9.88. The second-order valence-corrected chi connectivity index (χ2v) is 6.70. The normalized spacial score (nSPS) is 16.4. The Hall–Kier alpha value is -1.88. The molecule has 1 saturated carbocycles. The minimum atomic E-state index is -0.0656. The first-order valence-corrected chi connectivity index (χ1v) is 8.92. The summed E-state index contributed by atoms with van der Waals surface area (Å²) in [5, 5.41) is 8.96. The van der Waals surface area contributed by atoms with Crippen molar-refractivity contribution < 1.29 is 9.59 Å². The largest absolute Gasteiger partial charge is 0.352 e. The molecule has 0 saturated heterocycles. The zero-order chi connectivity index (χ0) is 17.4. The molecule has 0 aliphatic heterocycles. The molecule has 1 aromatic rings. The Morgan fingerprint density at radius 3 is 2.67 bits per heavy atom. The second kappa shape index (κ2) is 9.42. The van der Waals surface area contributed by atoms with Crippen LogP contribution < -0.4 is 16.0 Å². The van der Waals surface area contributed by atoms with Gasteiger partial charge in [0.25, 0.3) is 0 Å². The van der Waals surface area contributed by atoms with Gasteiger partial charge in [0, 0.05) is 30.6 Å². The van der Waals surface area contributed by atoms with Crippen molar-refractivity contribution in [3.8, 4) is 0 Å². The first-order chi connectivity index (χ1) is 11.6. The molecule has 0 heterocycles. The third kappa shape index (κ3) is 5.64. The lowest BCUT2D eigenvalue weighted by molar-refractivity contribution is -0.124. The van der Waals surface area contributed by atoms with Crippen molar-refractivity contribution in [2.75, 3.05) is 18.9 Å². The van der Waals surface area contributed by atoms with Crippen molar-refractivity contribution in [2.45, 2.75) is 45.6 Å². The number of rotatable bonds is 7. The van der Waals surface area contributed by atoms with E-state index in [9.17, 15) is 9.59 Å². The molecular formula is C19H29N3O2. The number of hydrogen-bond acceptors (Lipinski definition) is 3. The summed E-state index contributed by atoms with van der Waals surface area (Å²) in [6.07, 6.45) is 5.52. The first kappa shape index (κ1) is 18.5. The van der Waals surface area contributed by atoms with Crippen LogP contribution in [0, 0.1) is 11.8 Å². The fraction of sp³-hybridized carbons (Fsp3) is 0.579. The van der Waals surface area contributed by atoms with E-state index in [1.165, 1.54) is 6.42 Å². The van der Waals surface area contributed by atoms with Crippen LogP contribution in [0.25, 0.3) is 0 Å². The van der Waals surface area contributed by atoms with Gasteiger partial charge in [-0.05, 0) is 37.6 Å². The standard InChI is InChI=1S/C19H29N3O2/c1-14(12-20-2)18(23)21-13-15-7-6-10-17(11-15)22-19(24)16-8-4-3-5-9-16/h6-7,10-11,14,16,20H,3-5,8-9,12-13H2,1-2H3,(H,21,23)(H,22,24). The van der Waals surface area contributed by atoms with Crippen LogP contribution in [0.2, 0.25) is 0 Å².